The monoisotopic (exact) mass is 268 g/mol. The van der Waals surface area contributed by atoms with Crippen molar-refractivity contribution in [2.75, 3.05) is 26.8 Å². The van der Waals surface area contributed by atoms with Gasteiger partial charge in [-0.05, 0) is 39.2 Å². The average molecular weight is 268 g/mol. The first kappa shape index (κ1) is 13.8. The lowest BCUT2D eigenvalue weighted by Crippen LogP contribution is -2.63. The maximum atomic E-state index is 5.71. The Balaban J connectivity index is 1.52. The van der Waals surface area contributed by atoms with Gasteiger partial charge in [0.05, 0.1) is 12.2 Å². The van der Waals surface area contributed by atoms with E-state index in [4.69, 9.17) is 9.47 Å². The van der Waals surface area contributed by atoms with Crippen LogP contribution in [0.1, 0.15) is 39.0 Å². The van der Waals surface area contributed by atoms with E-state index in [1.54, 1.807) is 0 Å². The van der Waals surface area contributed by atoms with Gasteiger partial charge in [-0.3, -0.25) is 4.90 Å². The van der Waals surface area contributed by atoms with Crippen molar-refractivity contribution < 1.29 is 9.47 Å². The predicted molar refractivity (Wildman–Crippen MR) is 75.4 cm³/mol. The molecule has 110 valence electrons. The first-order valence-corrected chi connectivity index (χ1v) is 7.98. The number of nitrogens with one attached hydrogen (secondary N) is 1. The Hall–Kier alpha value is -0.160. The van der Waals surface area contributed by atoms with Crippen molar-refractivity contribution in [2.24, 2.45) is 0 Å². The number of hydrogen-bond donors (Lipinski definition) is 1. The van der Waals surface area contributed by atoms with Crippen LogP contribution in [0.25, 0.3) is 0 Å². The molecule has 3 fully saturated rings. The number of rotatable bonds is 5. The van der Waals surface area contributed by atoms with E-state index in [1.807, 2.05) is 7.11 Å². The van der Waals surface area contributed by atoms with Crippen LogP contribution >= 0.6 is 0 Å². The van der Waals surface area contributed by atoms with Crippen LogP contribution in [-0.2, 0) is 9.47 Å². The van der Waals surface area contributed by atoms with Crippen LogP contribution in [0.4, 0.5) is 0 Å². The fourth-order valence-corrected chi connectivity index (χ4v) is 4.15. The third-order valence-electron chi connectivity index (χ3n) is 5.19. The summed E-state index contributed by atoms with van der Waals surface area (Å²) < 4.78 is 11.3. The topological polar surface area (TPSA) is 33.7 Å². The van der Waals surface area contributed by atoms with Crippen LogP contribution in [0.2, 0.25) is 0 Å². The molecule has 0 aromatic rings. The molecule has 2 heterocycles. The van der Waals surface area contributed by atoms with Crippen molar-refractivity contribution in [1.82, 2.24) is 10.2 Å². The van der Waals surface area contributed by atoms with E-state index < -0.39 is 0 Å². The number of fused-ring (bicyclic) bond motifs is 1. The Morgan fingerprint density at radius 1 is 1.16 bits per heavy atom. The summed E-state index contributed by atoms with van der Waals surface area (Å²) >= 11 is 0. The first-order valence-electron chi connectivity index (χ1n) is 7.98. The molecule has 0 spiro atoms. The minimum Gasteiger partial charge on any atom is -0.377 e. The molecule has 0 aromatic heterocycles. The predicted octanol–water partition coefficient (Wildman–Crippen LogP) is 1.40. The van der Waals surface area contributed by atoms with Crippen molar-refractivity contribution in [3.05, 3.63) is 0 Å². The van der Waals surface area contributed by atoms with Crippen molar-refractivity contribution >= 4 is 0 Å². The number of hydrogen-bond acceptors (Lipinski definition) is 4. The highest BCUT2D eigenvalue weighted by atomic mass is 16.5. The Bertz CT molecular complexity index is 300. The molecule has 2 aliphatic heterocycles. The summed E-state index contributed by atoms with van der Waals surface area (Å²) in [5, 5.41) is 3.86. The second kappa shape index (κ2) is 6.08. The molecule has 2 saturated heterocycles. The third kappa shape index (κ3) is 2.68. The quantitative estimate of drug-likeness (QED) is 0.817. The SMILES string of the molecule is CCOC1CC(NC2CCN3CCCCC23)C1OC. The van der Waals surface area contributed by atoms with Gasteiger partial charge in [0.2, 0.25) is 0 Å². The summed E-state index contributed by atoms with van der Waals surface area (Å²) in [5.41, 5.74) is 0. The molecule has 0 radical (unpaired) electrons. The van der Waals surface area contributed by atoms with Crippen LogP contribution in [0.3, 0.4) is 0 Å². The molecular formula is C15H28N2O2. The summed E-state index contributed by atoms with van der Waals surface area (Å²) in [6, 6.07) is 1.94. The lowest BCUT2D eigenvalue weighted by atomic mass is 9.83. The van der Waals surface area contributed by atoms with Gasteiger partial charge in [0, 0.05) is 38.4 Å². The van der Waals surface area contributed by atoms with Gasteiger partial charge in [-0.1, -0.05) is 6.42 Å². The Morgan fingerprint density at radius 3 is 2.84 bits per heavy atom. The molecule has 4 nitrogen and oxygen atoms in total. The summed E-state index contributed by atoms with van der Waals surface area (Å²) in [4.78, 5) is 2.68. The van der Waals surface area contributed by atoms with Gasteiger partial charge in [-0.2, -0.15) is 0 Å². The Labute approximate surface area is 116 Å². The van der Waals surface area contributed by atoms with Gasteiger partial charge < -0.3 is 14.8 Å². The molecule has 4 heteroatoms. The molecule has 0 bridgehead atoms. The second-order valence-electron chi connectivity index (χ2n) is 6.20. The molecule has 5 atom stereocenters. The first-order chi connectivity index (χ1) is 9.33. The van der Waals surface area contributed by atoms with Gasteiger partial charge in [-0.15, -0.1) is 0 Å². The van der Waals surface area contributed by atoms with Gasteiger partial charge in [-0.25, -0.2) is 0 Å². The lowest BCUT2D eigenvalue weighted by molar-refractivity contribution is -0.133. The maximum absolute atomic E-state index is 5.71. The molecule has 1 N–H and O–H groups in total. The largest absolute Gasteiger partial charge is 0.377 e. The van der Waals surface area contributed by atoms with E-state index in [0.29, 0.717) is 18.2 Å². The zero-order chi connectivity index (χ0) is 13.2. The number of piperidine rings is 1. The van der Waals surface area contributed by atoms with Gasteiger partial charge in [0.1, 0.15) is 0 Å². The van der Waals surface area contributed by atoms with Crippen molar-refractivity contribution in [3.8, 4) is 0 Å². The normalized spacial score (nSPS) is 42.9. The average Bonchev–Trinajstić information content (AvgIpc) is 2.81. The molecule has 0 amide bonds. The molecule has 1 aliphatic carbocycles. The number of ether oxygens (including phenoxy) is 2. The van der Waals surface area contributed by atoms with Crippen molar-refractivity contribution in [1.29, 1.82) is 0 Å². The third-order valence-corrected chi connectivity index (χ3v) is 5.19. The van der Waals surface area contributed by atoms with Gasteiger partial charge in [0.15, 0.2) is 0 Å². The van der Waals surface area contributed by atoms with E-state index in [-0.39, 0.29) is 6.10 Å². The maximum Gasteiger partial charge on any atom is 0.0986 e. The van der Waals surface area contributed by atoms with Crippen LogP contribution in [0.15, 0.2) is 0 Å². The van der Waals surface area contributed by atoms with Gasteiger partial charge >= 0.3 is 0 Å². The summed E-state index contributed by atoms with van der Waals surface area (Å²) in [6.45, 7) is 5.44. The molecule has 1 saturated carbocycles. The summed E-state index contributed by atoms with van der Waals surface area (Å²) in [6.07, 6.45) is 7.12. The second-order valence-corrected chi connectivity index (χ2v) is 6.20. The highest BCUT2D eigenvalue weighted by molar-refractivity contribution is 5.02. The van der Waals surface area contributed by atoms with E-state index in [0.717, 1.165) is 19.1 Å². The fraction of sp³-hybridized carbons (Fsp3) is 1.00. The zero-order valence-electron chi connectivity index (χ0n) is 12.3. The van der Waals surface area contributed by atoms with E-state index in [9.17, 15) is 0 Å². The van der Waals surface area contributed by atoms with E-state index >= 15 is 0 Å². The lowest BCUT2D eigenvalue weighted by Gasteiger charge is -2.45. The van der Waals surface area contributed by atoms with Crippen molar-refractivity contribution in [2.45, 2.75) is 69.4 Å². The number of nitrogens with zero attached hydrogens (tertiary/aromatic N) is 1. The number of methoxy groups -OCH3 is 1. The molecular weight excluding hydrogens is 240 g/mol. The van der Waals surface area contributed by atoms with E-state index in [2.05, 4.69) is 17.1 Å². The van der Waals surface area contributed by atoms with Crippen LogP contribution in [-0.4, -0.2) is 62.0 Å². The van der Waals surface area contributed by atoms with E-state index in [1.165, 1.54) is 38.8 Å². The smallest absolute Gasteiger partial charge is 0.0986 e. The Kier molecular flexibility index (Phi) is 4.42. The van der Waals surface area contributed by atoms with Crippen LogP contribution in [0, 0.1) is 0 Å². The minimum absolute atomic E-state index is 0.248. The highest BCUT2D eigenvalue weighted by Gasteiger charge is 2.45. The summed E-state index contributed by atoms with van der Waals surface area (Å²) in [7, 11) is 1.81. The van der Waals surface area contributed by atoms with Crippen LogP contribution in [0.5, 0.6) is 0 Å². The highest BCUT2D eigenvalue weighted by Crippen LogP contribution is 2.32. The molecule has 19 heavy (non-hydrogen) atoms. The fourth-order valence-electron chi connectivity index (χ4n) is 4.15. The zero-order valence-corrected chi connectivity index (χ0v) is 12.3. The minimum atomic E-state index is 0.248. The molecule has 3 aliphatic rings. The Morgan fingerprint density at radius 2 is 2.05 bits per heavy atom. The molecule has 5 unspecified atom stereocenters. The molecule has 0 aromatic carbocycles. The summed E-state index contributed by atoms with van der Waals surface area (Å²) in [5.74, 6) is 0. The molecule has 3 rings (SSSR count). The van der Waals surface area contributed by atoms with Gasteiger partial charge in [0.25, 0.3) is 0 Å². The standard InChI is InChI=1S/C15H28N2O2/c1-3-19-14-10-12(15(14)18-2)16-11-7-9-17-8-5-4-6-13(11)17/h11-16H,3-10H2,1-2H3. The van der Waals surface area contributed by atoms with Crippen molar-refractivity contribution in [3.63, 3.8) is 0 Å². The van der Waals surface area contributed by atoms with Crippen LogP contribution < -0.4 is 5.32 Å².